The number of hydrogen-bond donors (Lipinski definition) is 1. The summed E-state index contributed by atoms with van der Waals surface area (Å²) in [5.74, 6) is 3.35. The quantitative estimate of drug-likeness (QED) is 0.804. The van der Waals surface area contributed by atoms with Crippen molar-refractivity contribution in [3.05, 3.63) is 6.33 Å². The average Bonchev–Trinajstić information content (AvgIpc) is 3.34. The zero-order chi connectivity index (χ0) is 21.1. The van der Waals surface area contributed by atoms with Crippen LogP contribution in [0.2, 0.25) is 0 Å². The van der Waals surface area contributed by atoms with E-state index in [1.165, 1.54) is 44.9 Å². The van der Waals surface area contributed by atoms with Gasteiger partial charge in [0.25, 0.3) is 0 Å². The van der Waals surface area contributed by atoms with E-state index in [0.29, 0.717) is 29.6 Å². The lowest BCUT2D eigenvalue weighted by atomic mass is 9.42. The minimum absolute atomic E-state index is 0.133. The van der Waals surface area contributed by atoms with E-state index in [0.717, 1.165) is 31.1 Å². The number of aromatic nitrogens is 4. The Hall–Kier alpha value is -1.30. The average molecular weight is 415 g/mol. The molecule has 1 heterocycles. The van der Waals surface area contributed by atoms with E-state index < -0.39 is 5.60 Å². The van der Waals surface area contributed by atoms with Gasteiger partial charge in [-0.05, 0) is 116 Å². The van der Waals surface area contributed by atoms with Crippen LogP contribution in [-0.2, 0) is 11.3 Å². The Morgan fingerprint density at radius 3 is 2.67 bits per heavy atom. The Morgan fingerprint density at radius 2 is 1.93 bits per heavy atom. The van der Waals surface area contributed by atoms with Gasteiger partial charge in [0.1, 0.15) is 12.9 Å². The monoisotopic (exact) mass is 414 g/mol. The fourth-order valence-corrected chi connectivity index (χ4v) is 9.00. The second-order valence-corrected chi connectivity index (χ2v) is 11.6. The predicted molar refractivity (Wildman–Crippen MR) is 113 cm³/mol. The Morgan fingerprint density at radius 1 is 1.10 bits per heavy atom. The molecule has 6 nitrogen and oxygen atoms in total. The molecular formula is C24H38N4O2. The molecule has 0 aliphatic heterocycles. The first-order chi connectivity index (χ1) is 14.3. The van der Waals surface area contributed by atoms with Crippen molar-refractivity contribution in [1.82, 2.24) is 20.2 Å². The van der Waals surface area contributed by atoms with Crippen molar-refractivity contribution in [2.45, 2.75) is 97.1 Å². The summed E-state index contributed by atoms with van der Waals surface area (Å²) in [6.07, 6.45) is 13.2. The van der Waals surface area contributed by atoms with Crippen molar-refractivity contribution >= 4 is 5.78 Å². The van der Waals surface area contributed by atoms with Gasteiger partial charge in [-0.2, -0.15) is 0 Å². The van der Waals surface area contributed by atoms with Crippen LogP contribution in [0.5, 0.6) is 0 Å². The highest BCUT2D eigenvalue weighted by Crippen LogP contribution is 2.69. The first-order valence-corrected chi connectivity index (χ1v) is 12.2. The SMILES string of the molecule is CC[C@]12CC[C@@](C)(O)C[C@@H]1CC[C@H]1[C@@H]3CC[C@H](C(=O)Cn4cnnn4)[C@@]3(C)CC[C@@H]12. The summed E-state index contributed by atoms with van der Waals surface area (Å²) in [6, 6.07) is 0. The molecule has 0 radical (unpaired) electrons. The fraction of sp³-hybridized carbons (Fsp3) is 0.917. The van der Waals surface area contributed by atoms with Crippen molar-refractivity contribution in [2.75, 3.05) is 0 Å². The molecule has 166 valence electrons. The summed E-state index contributed by atoms with van der Waals surface area (Å²) in [4.78, 5) is 13.2. The number of tetrazole rings is 1. The van der Waals surface area contributed by atoms with Crippen LogP contribution in [-0.4, -0.2) is 36.7 Å². The van der Waals surface area contributed by atoms with Gasteiger partial charge in [-0.15, -0.1) is 5.10 Å². The van der Waals surface area contributed by atoms with Crippen LogP contribution in [0.3, 0.4) is 0 Å². The molecule has 1 N–H and O–H groups in total. The number of fused-ring (bicyclic) bond motifs is 5. The third-order valence-electron chi connectivity index (χ3n) is 10.4. The zero-order valence-corrected chi connectivity index (χ0v) is 18.9. The van der Waals surface area contributed by atoms with E-state index in [1.807, 2.05) is 0 Å². The minimum atomic E-state index is -0.472. The maximum absolute atomic E-state index is 13.2. The molecule has 1 aromatic heterocycles. The summed E-state index contributed by atoms with van der Waals surface area (Å²) in [5.41, 5.74) is 0.0790. The van der Waals surface area contributed by atoms with E-state index >= 15 is 0 Å². The van der Waals surface area contributed by atoms with Gasteiger partial charge in [-0.3, -0.25) is 4.79 Å². The molecule has 0 saturated heterocycles. The van der Waals surface area contributed by atoms with Gasteiger partial charge in [0, 0.05) is 5.92 Å². The lowest BCUT2D eigenvalue weighted by Gasteiger charge is -2.63. The van der Waals surface area contributed by atoms with Crippen LogP contribution >= 0.6 is 0 Å². The highest BCUT2D eigenvalue weighted by molar-refractivity contribution is 5.82. The Labute approximate surface area is 180 Å². The Bertz CT molecular complexity index is 793. The lowest BCUT2D eigenvalue weighted by molar-refractivity contribution is -0.158. The van der Waals surface area contributed by atoms with Gasteiger partial charge in [-0.25, -0.2) is 4.68 Å². The second kappa shape index (κ2) is 7.11. The van der Waals surface area contributed by atoms with Crippen LogP contribution in [0.4, 0.5) is 0 Å². The van der Waals surface area contributed by atoms with Crippen LogP contribution in [0.15, 0.2) is 6.33 Å². The summed E-state index contributed by atoms with van der Waals surface area (Å²) in [7, 11) is 0. The van der Waals surface area contributed by atoms with Crippen molar-refractivity contribution in [1.29, 1.82) is 0 Å². The lowest BCUT2D eigenvalue weighted by Crippen LogP contribution is -2.56. The van der Waals surface area contributed by atoms with Crippen molar-refractivity contribution in [2.24, 2.45) is 40.4 Å². The normalized spacial score (nSPS) is 47.9. The summed E-state index contributed by atoms with van der Waals surface area (Å²) in [6.45, 7) is 7.17. The number of carbonyl (C=O) groups excluding carboxylic acids is 1. The third-order valence-corrected chi connectivity index (χ3v) is 10.4. The van der Waals surface area contributed by atoms with Gasteiger partial charge in [0.15, 0.2) is 5.78 Å². The van der Waals surface area contributed by atoms with Gasteiger partial charge in [0.05, 0.1) is 5.60 Å². The van der Waals surface area contributed by atoms with E-state index in [1.54, 1.807) is 11.0 Å². The van der Waals surface area contributed by atoms with Crippen LogP contribution in [0.25, 0.3) is 0 Å². The number of aliphatic hydroxyl groups is 1. The molecule has 8 atom stereocenters. The molecule has 30 heavy (non-hydrogen) atoms. The van der Waals surface area contributed by atoms with Crippen molar-refractivity contribution in [3.8, 4) is 0 Å². The summed E-state index contributed by atoms with van der Waals surface area (Å²) >= 11 is 0. The number of ketones is 1. The maximum atomic E-state index is 13.2. The highest BCUT2D eigenvalue weighted by Gasteiger charge is 2.62. The topological polar surface area (TPSA) is 80.9 Å². The smallest absolute Gasteiger partial charge is 0.158 e. The molecule has 4 fully saturated rings. The molecule has 4 aliphatic carbocycles. The highest BCUT2D eigenvalue weighted by atomic mass is 16.3. The van der Waals surface area contributed by atoms with Gasteiger partial charge in [0.2, 0.25) is 0 Å². The van der Waals surface area contributed by atoms with Gasteiger partial charge < -0.3 is 5.11 Å². The first kappa shape index (κ1) is 20.6. The molecule has 0 bridgehead atoms. The summed E-state index contributed by atoms with van der Waals surface area (Å²) in [5, 5.41) is 22.0. The van der Waals surface area contributed by atoms with Gasteiger partial charge >= 0.3 is 0 Å². The maximum Gasteiger partial charge on any atom is 0.158 e. The molecule has 5 rings (SSSR count). The van der Waals surface area contributed by atoms with Crippen molar-refractivity contribution in [3.63, 3.8) is 0 Å². The molecule has 1 aromatic rings. The van der Waals surface area contributed by atoms with Crippen molar-refractivity contribution < 1.29 is 9.90 Å². The molecule has 0 spiro atoms. The molecule has 6 heteroatoms. The minimum Gasteiger partial charge on any atom is -0.390 e. The van der Waals surface area contributed by atoms with E-state index in [9.17, 15) is 9.90 Å². The first-order valence-electron chi connectivity index (χ1n) is 12.2. The molecular weight excluding hydrogens is 376 g/mol. The van der Waals surface area contributed by atoms with E-state index in [2.05, 4.69) is 36.3 Å². The number of carbonyl (C=O) groups is 1. The van der Waals surface area contributed by atoms with Crippen LogP contribution in [0, 0.1) is 40.4 Å². The number of hydrogen-bond acceptors (Lipinski definition) is 5. The molecule has 0 unspecified atom stereocenters. The Kier molecular flexibility index (Phi) is 4.88. The number of nitrogens with zero attached hydrogens (tertiary/aromatic N) is 4. The second-order valence-electron chi connectivity index (χ2n) is 11.6. The largest absolute Gasteiger partial charge is 0.390 e. The fourth-order valence-electron chi connectivity index (χ4n) is 9.00. The van der Waals surface area contributed by atoms with Crippen LogP contribution < -0.4 is 0 Å². The van der Waals surface area contributed by atoms with Gasteiger partial charge in [-0.1, -0.05) is 13.8 Å². The van der Waals surface area contributed by atoms with E-state index in [-0.39, 0.29) is 11.3 Å². The number of Topliss-reactive ketones (excluding diaryl/α,β-unsaturated/α-hetero) is 1. The standard InChI is InChI=1S/C24H38N4O2/c1-4-24-12-11-22(2,30)13-16(24)5-6-17-18-7-8-20(23(18,3)10-9-19(17)24)21(29)14-28-15-25-26-27-28/h15-20,30H,4-14H2,1-3H3/t16-,17-,18-,19-,20+,22+,23-,24-/m0/s1. The molecule has 4 aliphatic rings. The summed E-state index contributed by atoms with van der Waals surface area (Å²) < 4.78 is 1.58. The molecule has 0 amide bonds. The predicted octanol–water partition coefficient (Wildman–Crippen LogP) is 4.04. The zero-order valence-electron chi connectivity index (χ0n) is 18.9. The molecule has 4 saturated carbocycles. The van der Waals surface area contributed by atoms with E-state index in [4.69, 9.17) is 0 Å². The molecule has 0 aromatic carbocycles. The third kappa shape index (κ3) is 3.00. The Balaban J connectivity index is 1.38. The van der Waals surface area contributed by atoms with Crippen LogP contribution in [0.1, 0.15) is 85.0 Å². The number of rotatable bonds is 4.